The Morgan fingerprint density at radius 1 is 0.870 bits per heavy atom. The molecule has 0 aliphatic rings. The number of aldehydes is 1. The summed E-state index contributed by atoms with van der Waals surface area (Å²) < 4.78 is 4.78. The molecule has 0 spiro atoms. The van der Waals surface area contributed by atoms with E-state index >= 15 is 0 Å². The van der Waals surface area contributed by atoms with E-state index in [0.717, 1.165) is 12.8 Å². The maximum atomic E-state index is 11.3. The van der Waals surface area contributed by atoms with Crippen molar-refractivity contribution >= 4 is 12.3 Å². The van der Waals surface area contributed by atoms with Gasteiger partial charge in [0, 0.05) is 6.42 Å². The Morgan fingerprint density at radius 3 is 1.74 bits per heavy atom. The van der Waals surface area contributed by atoms with Crippen LogP contribution in [0.15, 0.2) is 0 Å². The highest BCUT2D eigenvalue weighted by Gasteiger charge is 2.07. The van der Waals surface area contributed by atoms with E-state index in [1.54, 1.807) is 0 Å². The average Bonchev–Trinajstić information content (AvgIpc) is 2.56. The summed E-state index contributed by atoms with van der Waals surface area (Å²) in [6.07, 6.45) is 16.1. The zero-order valence-corrected chi connectivity index (χ0v) is 14.9. The molecule has 1 N–H and O–H groups in total. The van der Waals surface area contributed by atoms with Gasteiger partial charge < -0.3 is 14.6 Å². The lowest BCUT2D eigenvalue weighted by atomic mass is 10.0. The quantitative estimate of drug-likeness (QED) is 0.241. The van der Waals surface area contributed by atoms with Gasteiger partial charge >= 0.3 is 5.97 Å². The number of hydrogen-bond acceptors (Lipinski definition) is 4. The molecule has 1 unspecified atom stereocenters. The Hall–Kier alpha value is -0.900. The van der Waals surface area contributed by atoms with E-state index in [0.29, 0.717) is 12.7 Å². The third kappa shape index (κ3) is 17.3. The van der Waals surface area contributed by atoms with Crippen LogP contribution in [-0.4, -0.2) is 30.1 Å². The zero-order valence-electron chi connectivity index (χ0n) is 14.9. The van der Waals surface area contributed by atoms with Gasteiger partial charge in [-0.3, -0.25) is 4.79 Å². The predicted molar refractivity (Wildman–Crippen MR) is 93.3 cm³/mol. The Kier molecular flexibility index (Phi) is 16.8. The highest BCUT2D eigenvalue weighted by Crippen LogP contribution is 2.13. The number of carbonyl (C=O) groups is 2. The van der Waals surface area contributed by atoms with Gasteiger partial charge in [-0.15, -0.1) is 0 Å². The number of carbonyl (C=O) groups excluding carboxylic acids is 2. The summed E-state index contributed by atoms with van der Waals surface area (Å²) in [5, 5.41) is 8.95. The minimum Gasteiger partial charge on any atom is -0.462 e. The number of aliphatic hydroxyl groups is 1. The predicted octanol–water partition coefficient (Wildman–Crippen LogP) is 4.57. The summed E-state index contributed by atoms with van der Waals surface area (Å²) in [4.78, 5) is 21.5. The van der Waals surface area contributed by atoms with Crippen molar-refractivity contribution in [1.82, 2.24) is 0 Å². The number of hydrogen-bond donors (Lipinski definition) is 1. The molecule has 0 fully saturated rings. The van der Waals surface area contributed by atoms with Gasteiger partial charge in [0.05, 0.1) is 0 Å². The lowest BCUT2D eigenvalue weighted by Crippen LogP contribution is -2.19. The highest BCUT2D eigenvalue weighted by molar-refractivity contribution is 5.69. The lowest BCUT2D eigenvalue weighted by molar-refractivity contribution is -0.147. The first-order valence-electron chi connectivity index (χ1n) is 9.49. The van der Waals surface area contributed by atoms with Gasteiger partial charge in [0.15, 0.2) is 6.29 Å². The molecule has 1 atom stereocenters. The second-order valence-electron chi connectivity index (χ2n) is 6.38. The molecule has 0 saturated carbocycles. The monoisotopic (exact) mass is 328 g/mol. The van der Waals surface area contributed by atoms with Gasteiger partial charge in [-0.2, -0.15) is 0 Å². The third-order valence-electron chi connectivity index (χ3n) is 4.06. The van der Waals surface area contributed by atoms with E-state index in [1.807, 2.05) is 0 Å². The first-order valence-corrected chi connectivity index (χ1v) is 9.49. The van der Waals surface area contributed by atoms with Gasteiger partial charge in [-0.25, -0.2) is 0 Å². The minimum absolute atomic E-state index is 0.221. The number of esters is 1. The summed E-state index contributed by atoms with van der Waals surface area (Å²) in [6, 6.07) is 0. The molecule has 4 heteroatoms. The van der Waals surface area contributed by atoms with Crippen molar-refractivity contribution in [3.05, 3.63) is 0 Å². The summed E-state index contributed by atoms with van der Waals surface area (Å²) in [5.41, 5.74) is 0. The fraction of sp³-hybridized carbons (Fsp3) is 0.895. The first-order chi connectivity index (χ1) is 11.2. The van der Waals surface area contributed by atoms with E-state index < -0.39 is 6.10 Å². The van der Waals surface area contributed by atoms with Crippen LogP contribution in [0.5, 0.6) is 0 Å². The van der Waals surface area contributed by atoms with Crippen LogP contribution in [0.1, 0.15) is 96.8 Å². The number of aliphatic hydroxyl groups excluding tert-OH is 1. The normalized spacial score (nSPS) is 12.1. The molecule has 136 valence electrons. The molecule has 0 heterocycles. The summed E-state index contributed by atoms with van der Waals surface area (Å²) in [7, 11) is 0. The van der Waals surface area contributed by atoms with E-state index in [4.69, 9.17) is 9.84 Å². The Balaban J connectivity index is 3.15. The second-order valence-corrected chi connectivity index (χ2v) is 6.38. The zero-order chi connectivity index (χ0) is 17.2. The molecule has 0 aromatic rings. The highest BCUT2D eigenvalue weighted by atomic mass is 16.5. The smallest absolute Gasteiger partial charge is 0.305 e. The maximum Gasteiger partial charge on any atom is 0.305 e. The lowest BCUT2D eigenvalue weighted by Gasteiger charge is -2.06. The van der Waals surface area contributed by atoms with Crippen molar-refractivity contribution in [2.75, 3.05) is 6.61 Å². The van der Waals surface area contributed by atoms with Gasteiger partial charge in [0.2, 0.25) is 0 Å². The fourth-order valence-corrected chi connectivity index (χ4v) is 2.58. The van der Waals surface area contributed by atoms with Crippen molar-refractivity contribution in [3.8, 4) is 0 Å². The number of rotatable bonds is 17. The van der Waals surface area contributed by atoms with Crippen molar-refractivity contribution in [3.63, 3.8) is 0 Å². The van der Waals surface area contributed by atoms with Crippen LogP contribution in [0.3, 0.4) is 0 Å². The first kappa shape index (κ1) is 22.1. The van der Waals surface area contributed by atoms with Crippen LogP contribution in [0.2, 0.25) is 0 Å². The fourth-order valence-electron chi connectivity index (χ4n) is 2.58. The van der Waals surface area contributed by atoms with Crippen LogP contribution in [-0.2, 0) is 14.3 Å². The topological polar surface area (TPSA) is 63.6 Å². The largest absolute Gasteiger partial charge is 0.462 e. The summed E-state index contributed by atoms with van der Waals surface area (Å²) >= 11 is 0. The van der Waals surface area contributed by atoms with Crippen LogP contribution in [0.25, 0.3) is 0 Å². The Labute approximate surface area is 142 Å². The van der Waals surface area contributed by atoms with Crippen molar-refractivity contribution in [1.29, 1.82) is 0 Å². The van der Waals surface area contributed by atoms with Crippen LogP contribution in [0.4, 0.5) is 0 Å². The molecular weight excluding hydrogens is 292 g/mol. The van der Waals surface area contributed by atoms with E-state index in [-0.39, 0.29) is 12.6 Å². The number of ether oxygens (including phenoxy) is 1. The average molecular weight is 328 g/mol. The van der Waals surface area contributed by atoms with Gasteiger partial charge in [-0.05, 0) is 6.42 Å². The summed E-state index contributed by atoms with van der Waals surface area (Å²) in [5.74, 6) is -0.325. The van der Waals surface area contributed by atoms with Crippen molar-refractivity contribution < 1.29 is 19.4 Å². The maximum absolute atomic E-state index is 11.3. The molecule has 0 aromatic carbocycles. The molecule has 0 radical (unpaired) electrons. The molecule has 0 bridgehead atoms. The van der Waals surface area contributed by atoms with E-state index in [9.17, 15) is 9.59 Å². The molecular formula is C19H36O4. The van der Waals surface area contributed by atoms with Crippen LogP contribution < -0.4 is 0 Å². The third-order valence-corrected chi connectivity index (χ3v) is 4.06. The Bertz CT molecular complexity index is 279. The molecule has 4 nitrogen and oxygen atoms in total. The van der Waals surface area contributed by atoms with Gasteiger partial charge in [0.1, 0.15) is 12.7 Å². The molecule has 0 aliphatic heterocycles. The standard InChI is InChI=1S/C19H36O4/c1-2-3-4-5-6-7-8-9-10-11-12-13-14-15-19(22)23-17-18(21)16-20/h16,18,21H,2-15,17H2,1H3. The molecule has 23 heavy (non-hydrogen) atoms. The molecule has 0 saturated heterocycles. The van der Waals surface area contributed by atoms with Gasteiger partial charge in [-0.1, -0.05) is 84.0 Å². The Morgan fingerprint density at radius 2 is 1.30 bits per heavy atom. The molecule has 0 amide bonds. The van der Waals surface area contributed by atoms with Crippen LogP contribution in [0, 0.1) is 0 Å². The number of unbranched alkanes of at least 4 members (excludes halogenated alkanes) is 12. The van der Waals surface area contributed by atoms with E-state index in [1.165, 1.54) is 70.6 Å². The van der Waals surface area contributed by atoms with Gasteiger partial charge in [0.25, 0.3) is 0 Å². The minimum atomic E-state index is -1.19. The molecule has 0 rings (SSSR count). The van der Waals surface area contributed by atoms with Crippen molar-refractivity contribution in [2.24, 2.45) is 0 Å². The van der Waals surface area contributed by atoms with E-state index in [2.05, 4.69) is 6.92 Å². The molecule has 0 aromatic heterocycles. The van der Waals surface area contributed by atoms with Crippen molar-refractivity contribution in [2.45, 2.75) is 103 Å². The summed E-state index contributed by atoms with van der Waals surface area (Å²) in [6.45, 7) is 2.03. The SMILES string of the molecule is CCCCCCCCCCCCCCCC(=O)OCC(O)C=O. The molecule has 0 aliphatic carbocycles. The van der Waals surface area contributed by atoms with Crippen LogP contribution >= 0.6 is 0 Å². The second kappa shape index (κ2) is 17.5.